The number of oxazole rings is 1. The predicted octanol–water partition coefficient (Wildman–Crippen LogP) is 4.01. The summed E-state index contributed by atoms with van der Waals surface area (Å²) in [6, 6.07) is 11.6. The molecule has 0 spiro atoms. The van der Waals surface area contributed by atoms with Crippen molar-refractivity contribution in [2.45, 2.75) is 13.3 Å². The standard InChI is InChI=1S/C25H29N5O3/c1-17-16-26-24(33-17)18-4-6-20(7-5-18)27-25(31)30-9-8-19-14-23(32-3)22(15-21(19)30)29-12-10-28(2)11-13-29/h4-7,14-16H,8-13H2,1-3H3,(H,27,31). The molecule has 0 bridgehead atoms. The highest BCUT2D eigenvalue weighted by atomic mass is 16.5. The third-order valence-electron chi connectivity index (χ3n) is 6.37. The lowest BCUT2D eigenvalue weighted by Gasteiger charge is -2.35. The average molecular weight is 448 g/mol. The molecule has 3 aromatic rings. The first kappa shape index (κ1) is 21.3. The van der Waals surface area contributed by atoms with Gasteiger partial charge in [0.25, 0.3) is 0 Å². The fourth-order valence-corrected chi connectivity index (χ4v) is 4.45. The Morgan fingerprint density at radius 2 is 1.82 bits per heavy atom. The van der Waals surface area contributed by atoms with Crippen LogP contribution in [-0.4, -0.2) is 62.8 Å². The van der Waals surface area contributed by atoms with E-state index in [9.17, 15) is 4.79 Å². The molecule has 33 heavy (non-hydrogen) atoms. The number of amides is 2. The Bertz CT molecular complexity index is 1150. The first-order valence-corrected chi connectivity index (χ1v) is 11.3. The summed E-state index contributed by atoms with van der Waals surface area (Å²) in [7, 11) is 3.85. The largest absolute Gasteiger partial charge is 0.495 e. The van der Waals surface area contributed by atoms with Gasteiger partial charge in [-0.25, -0.2) is 9.78 Å². The van der Waals surface area contributed by atoms with Crippen LogP contribution in [0.1, 0.15) is 11.3 Å². The number of methoxy groups -OCH3 is 1. The van der Waals surface area contributed by atoms with E-state index in [0.29, 0.717) is 12.4 Å². The average Bonchev–Trinajstić information content (AvgIpc) is 3.45. The Morgan fingerprint density at radius 3 is 2.48 bits per heavy atom. The smallest absolute Gasteiger partial charge is 0.326 e. The van der Waals surface area contributed by atoms with E-state index in [0.717, 1.165) is 72.3 Å². The number of hydrogen-bond donors (Lipinski definition) is 1. The minimum atomic E-state index is -0.136. The van der Waals surface area contributed by atoms with E-state index in [1.807, 2.05) is 36.1 Å². The maximum atomic E-state index is 13.2. The number of aromatic nitrogens is 1. The monoisotopic (exact) mass is 447 g/mol. The van der Waals surface area contributed by atoms with Gasteiger partial charge in [0.05, 0.1) is 24.7 Å². The number of carbonyl (C=O) groups excluding carboxylic acids is 1. The van der Waals surface area contributed by atoms with E-state index in [1.165, 1.54) is 0 Å². The molecule has 0 aliphatic carbocycles. The molecule has 0 radical (unpaired) electrons. The molecule has 0 unspecified atom stereocenters. The van der Waals surface area contributed by atoms with Crippen molar-refractivity contribution < 1.29 is 13.9 Å². The number of fused-ring (bicyclic) bond motifs is 1. The number of piperazine rings is 1. The molecule has 2 amide bonds. The van der Waals surface area contributed by atoms with Gasteiger partial charge in [0.1, 0.15) is 11.5 Å². The van der Waals surface area contributed by atoms with Crippen LogP contribution in [0.25, 0.3) is 11.5 Å². The van der Waals surface area contributed by atoms with Gasteiger partial charge in [0.2, 0.25) is 5.89 Å². The molecule has 1 fully saturated rings. The van der Waals surface area contributed by atoms with Gasteiger partial charge in [0, 0.05) is 44.0 Å². The number of aryl methyl sites for hydroxylation is 1. The number of urea groups is 1. The first-order chi connectivity index (χ1) is 16.0. The van der Waals surface area contributed by atoms with Crippen molar-refractivity contribution >= 4 is 23.1 Å². The zero-order valence-electron chi connectivity index (χ0n) is 19.3. The van der Waals surface area contributed by atoms with Gasteiger partial charge < -0.3 is 24.3 Å². The van der Waals surface area contributed by atoms with Crippen molar-refractivity contribution in [3.8, 4) is 17.2 Å². The normalized spacial score (nSPS) is 16.1. The van der Waals surface area contributed by atoms with Crippen molar-refractivity contribution in [1.82, 2.24) is 9.88 Å². The minimum absolute atomic E-state index is 0.136. The van der Waals surface area contributed by atoms with E-state index in [2.05, 4.69) is 39.3 Å². The fraction of sp³-hybridized carbons (Fsp3) is 0.360. The van der Waals surface area contributed by atoms with Crippen molar-refractivity contribution in [3.05, 3.63) is 53.9 Å². The van der Waals surface area contributed by atoms with Crippen LogP contribution >= 0.6 is 0 Å². The summed E-state index contributed by atoms with van der Waals surface area (Å²) in [5.74, 6) is 2.21. The third-order valence-corrected chi connectivity index (χ3v) is 6.37. The summed E-state index contributed by atoms with van der Waals surface area (Å²) >= 11 is 0. The van der Waals surface area contributed by atoms with E-state index >= 15 is 0 Å². The quantitative estimate of drug-likeness (QED) is 0.652. The number of hydrogen-bond acceptors (Lipinski definition) is 6. The van der Waals surface area contributed by atoms with E-state index in [4.69, 9.17) is 9.15 Å². The van der Waals surface area contributed by atoms with Crippen LogP contribution in [0.15, 0.2) is 47.0 Å². The van der Waals surface area contributed by atoms with Crippen LogP contribution in [0.2, 0.25) is 0 Å². The lowest BCUT2D eigenvalue weighted by Crippen LogP contribution is -2.44. The summed E-state index contributed by atoms with van der Waals surface area (Å²) in [5.41, 5.74) is 4.74. The zero-order valence-corrected chi connectivity index (χ0v) is 19.3. The molecule has 0 atom stereocenters. The van der Waals surface area contributed by atoms with Crippen LogP contribution in [0.5, 0.6) is 5.75 Å². The second-order valence-electron chi connectivity index (χ2n) is 8.63. The second kappa shape index (κ2) is 8.78. The van der Waals surface area contributed by atoms with Crippen LogP contribution in [0, 0.1) is 6.92 Å². The van der Waals surface area contributed by atoms with Gasteiger partial charge in [-0.1, -0.05) is 0 Å². The number of nitrogens with zero attached hydrogens (tertiary/aromatic N) is 4. The molecule has 3 heterocycles. The van der Waals surface area contributed by atoms with Crippen molar-refractivity contribution in [3.63, 3.8) is 0 Å². The highest BCUT2D eigenvalue weighted by Gasteiger charge is 2.28. The van der Waals surface area contributed by atoms with E-state index in [1.54, 1.807) is 13.3 Å². The topological polar surface area (TPSA) is 74.1 Å². The molecule has 5 rings (SSSR count). The molecule has 2 aliphatic rings. The van der Waals surface area contributed by atoms with Crippen molar-refractivity contribution in [2.75, 3.05) is 62.0 Å². The second-order valence-corrected chi connectivity index (χ2v) is 8.63. The van der Waals surface area contributed by atoms with E-state index < -0.39 is 0 Å². The zero-order chi connectivity index (χ0) is 22.9. The molecule has 0 saturated carbocycles. The summed E-state index contributed by atoms with van der Waals surface area (Å²) in [4.78, 5) is 23.9. The van der Waals surface area contributed by atoms with Gasteiger partial charge >= 0.3 is 6.03 Å². The third kappa shape index (κ3) is 4.26. The molecule has 2 aliphatic heterocycles. The van der Waals surface area contributed by atoms with Crippen LogP contribution in [0.4, 0.5) is 21.9 Å². The van der Waals surface area contributed by atoms with Crippen LogP contribution in [-0.2, 0) is 6.42 Å². The molecule has 8 nitrogen and oxygen atoms in total. The Balaban J connectivity index is 1.34. The Morgan fingerprint density at radius 1 is 1.06 bits per heavy atom. The van der Waals surface area contributed by atoms with E-state index in [-0.39, 0.29) is 6.03 Å². The summed E-state index contributed by atoms with van der Waals surface area (Å²) in [5, 5.41) is 3.03. The lowest BCUT2D eigenvalue weighted by atomic mass is 10.1. The Kier molecular flexibility index (Phi) is 5.68. The maximum Gasteiger partial charge on any atom is 0.326 e. The molecule has 1 saturated heterocycles. The van der Waals surface area contributed by atoms with Gasteiger partial charge in [0.15, 0.2) is 0 Å². The van der Waals surface area contributed by atoms with Crippen molar-refractivity contribution in [1.29, 1.82) is 0 Å². The van der Waals surface area contributed by atoms with Gasteiger partial charge in [-0.3, -0.25) is 4.90 Å². The Labute approximate surface area is 193 Å². The minimum Gasteiger partial charge on any atom is -0.495 e. The highest BCUT2D eigenvalue weighted by molar-refractivity contribution is 6.03. The van der Waals surface area contributed by atoms with Gasteiger partial charge in [-0.2, -0.15) is 0 Å². The predicted molar refractivity (Wildman–Crippen MR) is 129 cm³/mol. The number of benzene rings is 2. The van der Waals surface area contributed by atoms with Crippen LogP contribution < -0.4 is 19.9 Å². The number of nitrogens with one attached hydrogen (secondary N) is 1. The molecular weight excluding hydrogens is 418 g/mol. The maximum absolute atomic E-state index is 13.2. The molecule has 172 valence electrons. The van der Waals surface area contributed by atoms with Crippen LogP contribution in [0.3, 0.4) is 0 Å². The first-order valence-electron chi connectivity index (χ1n) is 11.3. The van der Waals surface area contributed by atoms with Crippen molar-refractivity contribution in [2.24, 2.45) is 0 Å². The molecule has 8 heteroatoms. The number of anilines is 3. The summed E-state index contributed by atoms with van der Waals surface area (Å²) in [6.07, 6.45) is 2.51. The van der Waals surface area contributed by atoms with Gasteiger partial charge in [-0.05, 0) is 62.4 Å². The summed E-state index contributed by atoms with van der Waals surface area (Å²) < 4.78 is 11.3. The fourth-order valence-electron chi connectivity index (χ4n) is 4.45. The Hall–Kier alpha value is -3.52. The molecular formula is C25H29N5O3. The number of likely N-dealkylation sites (N-methyl/N-ethyl adjacent to an activating group) is 1. The summed E-state index contributed by atoms with van der Waals surface area (Å²) in [6.45, 7) is 6.40. The highest BCUT2D eigenvalue weighted by Crippen LogP contribution is 2.39. The molecule has 1 N–H and O–H groups in total. The number of rotatable bonds is 4. The lowest BCUT2D eigenvalue weighted by molar-refractivity contribution is 0.257. The number of ether oxygens (including phenoxy) is 1. The SMILES string of the molecule is COc1cc2c(cc1N1CCN(C)CC1)N(C(=O)Nc1ccc(-c3ncc(C)o3)cc1)CC2. The molecule has 2 aromatic carbocycles. The van der Waals surface area contributed by atoms with Gasteiger partial charge in [-0.15, -0.1) is 0 Å². The number of carbonyl (C=O) groups is 1. The molecule has 1 aromatic heterocycles.